The summed E-state index contributed by atoms with van der Waals surface area (Å²) in [5.74, 6) is 1.10. The fourth-order valence-corrected chi connectivity index (χ4v) is 3.04. The molecule has 1 saturated carbocycles. The zero-order chi connectivity index (χ0) is 14.4. The highest BCUT2D eigenvalue weighted by atomic mass is 16.5. The molecule has 1 aromatic rings. The zero-order valence-corrected chi connectivity index (χ0v) is 12.4. The van der Waals surface area contributed by atoms with Crippen LogP contribution in [0.1, 0.15) is 50.7 Å². The molecule has 1 heterocycles. The third-order valence-corrected chi connectivity index (χ3v) is 4.10. The molecule has 0 saturated heterocycles. The number of pyridine rings is 1. The van der Waals surface area contributed by atoms with Crippen molar-refractivity contribution in [2.24, 2.45) is 5.92 Å². The second kappa shape index (κ2) is 7.60. The van der Waals surface area contributed by atoms with E-state index >= 15 is 0 Å². The van der Waals surface area contributed by atoms with E-state index in [1.807, 2.05) is 13.0 Å². The molecule has 1 aliphatic rings. The minimum absolute atomic E-state index is 0.144. The van der Waals surface area contributed by atoms with Crippen LogP contribution in [0.4, 0.5) is 0 Å². The van der Waals surface area contributed by atoms with Crippen molar-refractivity contribution in [1.82, 2.24) is 4.98 Å². The van der Waals surface area contributed by atoms with Gasteiger partial charge in [0.1, 0.15) is 11.9 Å². The van der Waals surface area contributed by atoms with E-state index in [4.69, 9.17) is 9.47 Å². The predicted octanol–water partition coefficient (Wildman–Crippen LogP) is 3.11. The maximum Gasteiger partial charge on any atom is 0.137 e. The van der Waals surface area contributed by atoms with Crippen molar-refractivity contribution in [2.75, 3.05) is 13.7 Å². The van der Waals surface area contributed by atoms with Crippen molar-refractivity contribution in [1.29, 1.82) is 0 Å². The van der Waals surface area contributed by atoms with Gasteiger partial charge in [0.05, 0.1) is 19.4 Å². The summed E-state index contributed by atoms with van der Waals surface area (Å²) < 4.78 is 11.0. The summed E-state index contributed by atoms with van der Waals surface area (Å²) in [6.07, 6.45) is 8.60. The van der Waals surface area contributed by atoms with E-state index in [0.717, 1.165) is 18.4 Å². The quantitative estimate of drug-likeness (QED) is 0.869. The summed E-state index contributed by atoms with van der Waals surface area (Å²) in [6.45, 7) is 2.60. The normalized spacial score (nSPS) is 19.6. The molecule has 112 valence electrons. The van der Waals surface area contributed by atoms with Gasteiger partial charge >= 0.3 is 0 Å². The second-order valence-corrected chi connectivity index (χ2v) is 5.42. The number of hydrogen-bond donors (Lipinski definition) is 1. The first kappa shape index (κ1) is 15.3. The number of ether oxygens (including phenoxy) is 2. The van der Waals surface area contributed by atoms with Crippen LogP contribution in [0.15, 0.2) is 18.5 Å². The van der Waals surface area contributed by atoms with Crippen LogP contribution in [-0.4, -0.2) is 29.9 Å². The number of nitrogens with zero attached hydrogens (tertiary/aromatic N) is 1. The van der Waals surface area contributed by atoms with Crippen LogP contribution in [0.3, 0.4) is 0 Å². The maximum atomic E-state index is 10.7. The Morgan fingerprint density at radius 2 is 2.05 bits per heavy atom. The molecule has 1 N–H and O–H groups in total. The molecule has 0 amide bonds. The number of aromatic nitrogens is 1. The molecule has 4 heteroatoms. The largest absolute Gasteiger partial charge is 0.495 e. The van der Waals surface area contributed by atoms with Gasteiger partial charge in [-0.1, -0.05) is 19.3 Å². The van der Waals surface area contributed by atoms with Crippen molar-refractivity contribution >= 4 is 0 Å². The third-order valence-electron chi connectivity index (χ3n) is 4.10. The number of methoxy groups -OCH3 is 1. The van der Waals surface area contributed by atoms with Gasteiger partial charge in [0.25, 0.3) is 0 Å². The van der Waals surface area contributed by atoms with Crippen molar-refractivity contribution in [3.63, 3.8) is 0 Å². The van der Waals surface area contributed by atoms with E-state index in [2.05, 4.69) is 4.98 Å². The van der Waals surface area contributed by atoms with Crippen LogP contribution in [0.25, 0.3) is 0 Å². The van der Waals surface area contributed by atoms with E-state index in [-0.39, 0.29) is 6.10 Å². The summed E-state index contributed by atoms with van der Waals surface area (Å²) >= 11 is 0. The summed E-state index contributed by atoms with van der Waals surface area (Å²) in [7, 11) is 1.61. The molecule has 0 radical (unpaired) electrons. The molecule has 2 unspecified atom stereocenters. The molecule has 0 spiro atoms. The van der Waals surface area contributed by atoms with Crippen LogP contribution >= 0.6 is 0 Å². The van der Waals surface area contributed by atoms with Crippen molar-refractivity contribution in [3.05, 3.63) is 24.0 Å². The Kier molecular flexibility index (Phi) is 5.80. The average molecular weight is 279 g/mol. The molecule has 20 heavy (non-hydrogen) atoms. The highest BCUT2D eigenvalue weighted by molar-refractivity contribution is 5.25. The Balaban J connectivity index is 2.14. The van der Waals surface area contributed by atoms with Gasteiger partial charge in [0, 0.05) is 18.4 Å². The lowest BCUT2D eigenvalue weighted by Gasteiger charge is -2.33. The Morgan fingerprint density at radius 3 is 2.70 bits per heavy atom. The van der Waals surface area contributed by atoms with Gasteiger partial charge in [-0.3, -0.25) is 4.98 Å². The van der Waals surface area contributed by atoms with Crippen LogP contribution in [-0.2, 0) is 4.74 Å². The molecule has 0 bridgehead atoms. The molecule has 4 nitrogen and oxygen atoms in total. The van der Waals surface area contributed by atoms with E-state index in [0.29, 0.717) is 18.3 Å². The second-order valence-electron chi connectivity index (χ2n) is 5.42. The molecule has 1 aromatic heterocycles. The summed E-state index contributed by atoms with van der Waals surface area (Å²) in [6, 6.07) is 1.84. The van der Waals surface area contributed by atoms with E-state index in [1.54, 1.807) is 19.5 Å². The fourth-order valence-electron chi connectivity index (χ4n) is 3.04. The van der Waals surface area contributed by atoms with Crippen LogP contribution in [0.5, 0.6) is 5.75 Å². The smallest absolute Gasteiger partial charge is 0.137 e. The van der Waals surface area contributed by atoms with Crippen LogP contribution < -0.4 is 4.74 Å². The predicted molar refractivity (Wildman–Crippen MR) is 77.7 cm³/mol. The highest BCUT2D eigenvalue weighted by Crippen LogP contribution is 2.34. The van der Waals surface area contributed by atoms with Gasteiger partial charge in [-0.2, -0.15) is 0 Å². The van der Waals surface area contributed by atoms with Gasteiger partial charge in [0.2, 0.25) is 0 Å². The van der Waals surface area contributed by atoms with Gasteiger partial charge in [0.15, 0.2) is 0 Å². The van der Waals surface area contributed by atoms with Crippen molar-refractivity contribution < 1.29 is 14.6 Å². The Bertz CT molecular complexity index is 404. The molecular formula is C16H25NO3. The summed E-state index contributed by atoms with van der Waals surface area (Å²) in [5.41, 5.74) is 0.772. The van der Waals surface area contributed by atoms with E-state index in [9.17, 15) is 5.11 Å². The van der Waals surface area contributed by atoms with Gasteiger partial charge in [-0.05, 0) is 31.7 Å². The first-order chi connectivity index (χ1) is 9.76. The first-order valence-electron chi connectivity index (χ1n) is 7.54. The highest BCUT2D eigenvalue weighted by Gasteiger charge is 2.31. The fraction of sp³-hybridized carbons (Fsp3) is 0.688. The summed E-state index contributed by atoms with van der Waals surface area (Å²) in [4.78, 5) is 4.12. The van der Waals surface area contributed by atoms with Gasteiger partial charge in [-0.25, -0.2) is 0 Å². The lowest BCUT2D eigenvalue weighted by Crippen LogP contribution is -2.32. The number of aliphatic hydroxyl groups excluding tert-OH is 1. The molecule has 1 fully saturated rings. The van der Waals surface area contributed by atoms with Crippen molar-refractivity contribution in [3.8, 4) is 5.75 Å². The number of aliphatic hydroxyl groups is 1. The minimum atomic E-state index is -0.638. The molecule has 0 aliphatic heterocycles. The molecule has 1 aliphatic carbocycles. The molecule has 2 rings (SSSR count). The molecular weight excluding hydrogens is 254 g/mol. The Labute approximate surface area is 121 Å². The maximum absolute atomic E-state index is 10.7. The average Bonchev–Trinajstić information content (AvgIpc) is 2.53. The SMILES string of the molecule is CCOC(C1CCCCC1)C(O)c1cncc(OC)c1. The molecule has 2 atom stereocenters. The van der Waals surface area contributed by atoms with Gasteiger partial charge in [-0.15, -0.1) is 0 Å². The Hall–Kier alpha value is -1.13. The topological polar surface area (TPSA) is 51.6 Å². The monoisotopic (exact) mass is 279 g/mol. The number of hydrogen-bond acceptors (Lipinski definition) is 4. The lowest BCUT2D eigenvalue weighted by molar-refractivity contribution is -0.0740. The first-order valence-corrected chi connectivity index (χ1v) is 7.54. The Morgan fingerprint density at radius 1 is 1.30 bits per heavy atom. The zero-order valence-electron chi connectivity index (χ0n) is 12.4. The standard InChI is InChI=1S/C16H25NO3/c1-3-20-16(12-7-5-4-6-8-12)15(18)13-9-14(19-2)11-17-10-13/h9-12,15-16,18H,3-8H2,1-2H3. The van der Waals surface area contributed by atoms with Crippen molar-refractivity contribution in [2.45, 2.75) is 51.2 Å². The molecule has 0 aromatic carbocycles. The van der Waals surface area contributed by atoms with Crippen LogP contribution in [0.2, 0.25) is 0 Å². The van der Waals surface area contributed by atoms with E-state index < -0.39 is 6.10 Å². The number of rotatable bonds is 6. The third kappa shape index (κ3) is 3.70. The summed E-state index contributed by atoms with van der Waals surface area (Å²) in [5, 5.41) is 10.7. The van der Waals surface area contributed by atoms with Crippen LogP contribution in [0, 0.1) is 5.92 Å². The van der Waals surface area contributed by atoms with E-state index in [1.165, 1.54) is 19.3 Å². The lowest BCUT2D eigenvalue weighted by atomic mass is 9.82. The van der Waals surface area contributed by atoms with Gasteiger partial charge < -0.3 is 14.6 Å². The minimum Gasteiger partial charge on any atom is -0.495 e.